The van der Waals surface area contributed by atoms with E-state index in [2.05, 4.69) is 17.4 Å². The molecular formula is C28H33N3O5. The van der Waals surface area contributed by atoms with E-state index in [4.69, 9.17) is 9.47 Å². The first kappa shape index (κ1) is 24.3. The predicted octanol–water partition coefficient (Wildman–Crippen LogP) is 3.46. The SMILES string of the molecule is CN1CC(NC(=O)c2ccc(CN3CCCC3=O)c(Oc3ccc(C4CCOCC4)cc3)c2)CC1=O. The minimum Gasteiger partial charge on any atom is -0.457 e. The van der Waals surface area contributed by atoms with E-state index in [0.29, 0.717) is 48.9 Å². The Morgan fingerprint density at radius 2 is 1.86 bits per heavy atom. The van der Waals surface area contributed by atoms with Crippen molar-refractivity contribution in [1.29, 1.82) is 0 Å². The van der Waals surface area contributed by atoms with Crippen molar-refractivity contribution in [2.45, 2.75) is 50.6 Å². The van der Waals surface area contributed by atoms with Crippen LogP contribution in [0.5, 0.6) is 11.5 Å². The van der Waals surface area contributed by atoms with Crippen molar-refractivity contribution < 1.29 is 23.9 Å². The highest BCUT2D eigenvalue weighted by Gasteiger charge is 2.28. The summed E-state index contributed by atoms with van der Waals surface area (Å²) in [6.45, 7) is 3.26. The number of likely N-dealkylation sites (N-methyl/N-ethyl adjacent to an activating group) is 1. The summed E-state index contributed by atoms with van der Waals surface area (Å²) in [5, 5.41) is 2.96. The summed E-state index contributed by atoms with van der Waals surface area (Å²) >= 11 is 0. The van der Waals surface area contributed by atoms with Crippen molar-refractivity contribution >= 4 is 17.7 Å². The minimum atomic E-state index is -0.244. The fraction of sp³-hybridized carbons (Fsp3) is 0.464. The average Bonchev–Trinajstić information content (AvgIpc) is 3.44. The van der Waals surface area contributed by atoms with Crippen LogP contribution in [-0.4, -0.2) is 66.9 Å². The molecule has 3 fully saturated rings. The first-order valence-corrected chi connectivity index (χ1v) is 12.8. The lowest BCUT2D eigenvalue weighted by atomic mass is 9.92. The van der Waals surface area contributed by atoms with Crippen molar-refractivity contribution in [2.75, 3.05) is 33.4 Å². The highest BCUT2D eigenvalue weighted by atomic mass is 16.5. The van der Waals surface area contributed by atoms with Gasteiger partial charge in [-0.15, -0.1) is 0 Å². The fourth-order valence-corrected chi connectivity index (χ4v) is 5.19. The maximum atomic E-state index is 13.0. The molecule has 1 unspecified atom stereocenters. The quantitative estimate of drug-likeness (QED) is 0.641. The second-order valence-electron chi connectivity index (χ2n) is 9.95. The zero-order valence-corrected chi connectivity index (χ0v) is 20.7. The molecule has 36 heavy (non-hydrogen) atoms. The van der Waals surface area contributed by atoms with Crippen LogP contribution in [0.25, 0.3) is 0 Å². The lowest BCUT2D eigenvalue weighted by Crippen LogP contribution is -2.36. The summed E-state index contributed by atoms with van der Waals surface area (Å²) in [6.07, 6.45) is 3.78. The maximum Gasteiger partial charge on any atom is 0.251 e. The molecule has 5 rings (SSSR count). The molecule has 0 spiro atoms. The molecule has 3 saturated heterocycles. The monoisotopic (exact) mass is 491 g/mol. The smallest absolute Gasteiger partial charge is 0.251 e. The third-order valence-corrected chi connectivity index (χ3v) is 7.34. The number of hydrogen-bond donors (Lipinski definition) is 1. The molecule has 0 aliphatic carbocycles. The number of hydrogen-bond acceptors (Lipinski definition) is 5. The zero-order valence-electron chi connectivity index (χ0n) is 20.7. The van der Waals surface area contributed by atoms with Gasteiger partial charge in [0.05, 0.1) is 6.04 Å². The Morgan fingerprint density at radius 3 is 2.53 bits per heavy atom. The summed E-state index contributed by atoms with van der Waals surface area (Å²) < 4.78 is 11.8. The van der Waals surface area contributed by atoms with Gasteiger partial charge in [0.15, 0.2) is 0 Å². The molecule has 190 valence electrons. The number of nitrogens with zero attached hydrogens (tertiary/aromatic N) is 2. The van der Waals surface area contributed by atoms with Crippen molar-refractivity contribution in [3.8, 4) is 11.5 Å². The van der Waals surface area contributed by atoms with Gasteiger partial charge in [-0.3, -0.25) is 14.4 Å². The molecule has 3 aliphatic heterocycles. The molecule has 8 nitrogen and oxygen atoms in total. The molecule has 1 atom stereocenters. The number of likely N-dealkylation sites (tertiary alicyclic amines) is 2. The Hall–Kier alpha value is -3.39. The zero-order chi connectivity index (χ0) is 25.1. The molecular weight excluding hydrogens is 458 g/mol. The Bertz CT molecular complexity index is 1130. The van der Waals surface area contributed by atoms with E-state index < -0.39 is 0 Å². The third kappa shape index (κ3) is 5.54. The van der Waals surface area contributed by atoms with E-state index >= 15 is 0 Å². The number of carbonyl (C=O) groups is 3. The topological polar surface area (TPSA) is 88.2 Å². The molecule has 3 aliphatic rings. The summed E-state index contributed by atoms with van der Waals surface area (Å²) in [4.78, 5) is 40.5. The molecule has 2 aromatic rings. The van der Waals surface area contributed by atoms with Gasteiger partial charge in [-0.05, 0) is 55.0 Å². The van der Waals surface area contributed by atoms with Crippen LogP contribution < -0.4 is 10.1 Å². The molecule has 0 aromatic heterocycles. The van der Waals surface area contributed by atoms with E-state index in [1.807, 2.05) is 23.1 Å². The second kappa shape index (κ2) is 10.7. The molecule has 0 radical (unpaired) electrons. The summed E-state index contributed by atoms with van der Waals surface area (Å²) in [5.74, 6) is 1.66. The van der Waals surface area contributed by atoms with Gasteiger partial charge in [0.2, 0.25) is 11.8 Å². The average molecular weight is 492 g/mol. The number of carbonyl (C=O) groups excluding carboxylic acids is 3. The molecule has 1 N–H and O–H groups in total. The lowest BCUT2D eigenvalue weighted by molar-refractivity contribution is -0.128. The van der Waals surface area contributed by atoms with Crippen LogP contribution in [0.15, 0.2) is 42.5 Å². The number of ether oxygens (including phenoxy) is 2. The lowest BCUT2D eigenvalue weighted by Gasteiger charge is -2.22. The standard InChI is InChI=1S/C28H33N3O5/c1-30-18-23(16-27(30)33)29-28(34)21-4-5-22(17-31-12-2-3-26(31)32)25(15-21)36-24-8-6-19(7-9-24)20-10-13-35-14-11-20/h4-9,15,20,23H,2-3,10-14,16-18H2,1H3,(H,29,34). The van der Waals surface area contributed by atoms with Crippen LogP contribution >= 0.6 is 0 Å². The Balaban J connectivity index is 1.35. The van der Waals surface area contributed by atoms with Gasteiger partial charge < -0.3 is 24.6 Å². The van der Waals surface area contributed by atoms with Crippen molar-refractivity contribution in [3.05, 3.63) is 59.2 Å². The first-order valence-electron chi connectivity index (χ1n) is 12.8. The van der Waals surface area contributed by atoms with Gasteiger partial charge in [-0.1, -0.05) is 18.2 Å². The third-order valence-electron chi connectivity index (χ3n) is 7.34. The van der Waals surface area contributed by atoms with E-state index in [0.717, 1.165) is 44.6 Å². The number of benzene rings is 2. The highest BCUT2D eigenvalue weighted by molar-refractivity contribution is 5.95. The van der Waals surface area contributed by atoms with Gasteiger partial charge in [-0.25, -0.2) is 0 Å². The summed E-state index contributed by atoms with van der Waals surface area (Å²) in [7, 11) is 1.74. The molecule has 8 heteroatoms. The normalized spacial score (nSPS) is 20.8. The van der Waals surface area contributed by atoms with Crippen LogP contribution in [0.2, 0.25) is 0 Å². The van der Waals surface area contributed by atoms with E-state index in [1.165, 1.54) is 5.56 Å². The Morgan fingerprint density at radius 1 is 1.08 bits per heavy atom. The van der Waals surface area contributed by atoms with Crippen LogP contribution in [0.1, 0.15) is 59.5 Å². The van der Waals surface area contributed by atoms with Gasteiger partial charge in [0.1, 0.15) is 11.5 Å². The van der Waals surface area contributed by atoms with Crippen LogP contribution in [0, 0.1) is 0 Å². The van der Waals surface area contributed by atoms with Crippen molar-refractivity contribution in [1.82, 2.24) is 15.1 Å². The van der Waals surface area contributed by atoms with Crippen LogP contribution in [0.4, 0.5) is 0 Å². The van der Waals surface area contributed by atoms with Gasteiger partial charge in [0, 0.05) is 63.9 Å². The largest absolute Gasteiger partial charge is 0.457 e. The Labute approximate surface area is 211 Å². The van der Waals surface area contributed by atoms with Crippen molar-refractivity contribution in [3.63, 3.8) is 0 Å². The molecule has 0 bridgehead atoms. The Kier molecular flexibility index (Phi) is 7.23. The molecule has 3 heterocycles. The predicted molar refractivity (Wildman–Crippen MR) is 134 cm³/mol. The number of amides is 3. The van der Waals surface area contributed by atoms with E-state index in [-0.39, 0.29) is 23.8 Å². The summed E-state index contributed by atoms with van der Waals surface area (Å²) in [5.41, 5.74) is 2.59. The molecule has 2 aromatic carbocycles. The number of nitrogens with one attached hydrogen (secondary N) is 1. The van der Waals surface area contributed by atoms with Crippen molar-refractivity contribution in [2.24, 2.45) is 0 Å². The van der Waals surface area contributed by atoms with Crippen LogP contribution in [0.3, 0.4) is 0 Å². The highest BCUT2D eigenvalue weighted by Crippen LogP contribution is 2.32. The van der Waals surface area contributed by atoms with Crippen LogP contribution in [-0.2, 0) is 20.9 Å². The second-order valence-corrected chi connectivity index (χ2v) is 9.95. The van der Waals surface area contributed by atoms with Gasteiger partial charge >= 0.3 is 0 Å². The minimum absolute atomic E-state index is 0.0270. The van der Waals surface area contributed by atoms with E-state index in [1.54, 1.807) is 24.1 Å². The van der Waals surface area contributed by atoms with Gasteiger partial charge in [0.25, 0.3) is 5.91 Å². The summed E-state index contributed by atoms with van der Waals surface area (Å²) in [6, 6.07) is 13.3. The van der Waals surface area contributed by atoms with E-state index in [9.17, 15) is 14.4 Å². The number of rotatable bonds is 7. The first-order chi connectivity index (χ1) is 17.5. The molecule has 3 amide bonds. The molecule has 0 saturated carbocycles. The fourth-order valence-electron chi connectivity index (χ4n) is 5.19. The maximum absolute atomic E-state index is 13.0. The van der Waals surface area contributed by atoms with Gasteiger partial charge in [-0.2, -0.15) is 0 Å².